The van der Waals surface area contributed by atoms with Crippen molar-refractivity contribution in [1.82, 2.24) is 15.2 Å². The van der Waals surface area contributed by atoms with Crippen LogP contribution in [-0.4, -0.2) is 57.3 Å². The Balaban J connectivity index is 1.03. The molecular formula is C36H40N6O3. The maximum atomic E-state index is 13.1. The molecule has 9 rings (SSSR count). The Morgan fingerprint density at radius 3 is 2.76 bits per heavy atom. The van der Waals surface area contributed by atoms with Gasteiger partial charge >= 0.3 is 0 Å². The number of phenols is 1. The number of rotatable bonds is 7. The average molecular weight is 605 g/mol. The number of nitrogens with two attached hydrogens (primary N) is 2. The summed E-state index contributed by atoms with van der Waals surface area (Å²) in [4.78, 5) is 10.8. The molecule has 2 fully saturated rings. The van der Waals surface area contributed by atoms with Gasteiger partial charge in [0.2, 0.25) is 0 Å². The molecule has 0 radical (unpaired) electrons. The number of nitrogen functional groups attached to an aromatic ring is 1. The highest BCUT2D eigenvalue weighted by Gasteiger charge is 2.72. The second kappa shape index (κ2) is 9.64. The first-order valence-electron chi connectivity index (χ1n) is 16.3. The zero-order valence-electron chi connectivity index (χ0n) is 25.4. The minimum Gasteiger partial charge on any atom is -0.504 e. The number of H-pyrrole nitrogens is 1. The molecule has 3 aromatic carbocycles. The minimum absolute atomic E-state index is 0.0157. The number of fused-ring (bicyclic) bond motifs is 4. The van der Waals surface area contributed by atoms with Crippen molar-refractivity contribution in [2.75, 3.05) is 25.4 Å². The molecule has 0 unspecified atom stereocenters. The molecule has 232 valence electrons. The molecule has 4 aromatic rings. The third-order valence-corrected chi connectivity index (χ3v) is 11.4. The highest BCUT2D eigenvalue weighted by Crippen LogP contribution is 2.69. The van der Waals surface area contributed by atoms with Gasteiger partial charge in [0.05, 0.1) is 23.3 Å². The number of phenolic OH excluding ortho intramolecular Hbond substituents is 1. The van der Waals surface area contributed by atoms with Crippen LogP contribution in [-0.2, 0) is 31.2 Å². The van der Waals surface area contributed by atoms with Crippen LogP contribution in [0.4, 0.5) is 5.69 Å². The summed E-state index contributed by atoms with van der Waals surface area (Å²) in [5.74, 6) is 1.90. The summed E-state index contributed by atoms with van der Waals surface area (Å²) < 4.78 is 6.74. The second-order valence-electron chi connectivity index (χ2n) is 13.9. The molecule has 2 bridgehead atoms. The average Bonchev–Trinajstić information content (AvgIpc) is 3.68. The van der Waals surface area contributed by atoms with Crippen LogP contribution in [0.2, 0.25) is 0 Å². The summed E-state index contributed by atoms with van der Waals surface area (Å²) in [5, 5.41) is 28.4. The number of guanidine groups is 1. The molecule has 1 aromatic heterocycles. The van der Waals surface area contributed by atoms with E-state index in [-0.39, 0.29) is 17.9 Å². The third kappa shape index (κ3) is 3.96. The van der Waals surface area contributed by atoms with Gasteiger partial charge in [-0.05, 0) is 97.2 Å². The number of aromatic amines is 1. The number of aliphatic imine (C=N–C) groups is 1. The van der Waals surface area contributed by atoms with Crippen LogP contribution in [0.3, 0.4) is 0 Å². The Labute approximate surface area is 262 Å². The van der Waals surface area contributed by atoms with Crippen molar-refractivity contribution in [2.45, 2.75) is 68.2 Å². The molecule has 3 heterocycles. The van der Waals surface area contributed by atoms with E-state index in [2.05, 4.69) is 44.5 Å². The zero-order chi connectivity index (χ0) is 30.5. The maximum absolute atomic E-state index is 13.1. The largest absolute Gasteiger partial charge is 0.504 e. The van der Waals surface area contributed by atoms with E-state index in [1.807, 2.05) is 24.3 Å². The quantitative estimate of drug-likeness (QED) is 0.107. The molecule has 1 saturated carbocycles. The topological polar surface area (TPSA) is 145 Å². The van der Waals surface area contributed by atoms with E-state index in [0.717, 1.165) is 77.2 Å². The monoisotopic (exact) mass is 604 g/mol. The molecule has 4 atom stereocenters. The van der Waals surface area contributed by atoms with Gasteiger partial charge in [-0.1, -0.05) is 24.3 Å². The number of nitrogens with one attached hydrogen (secondary N) is 2. The van der Waals surface area contributed by atoms with Crippen LogP contribution in [0, 0.1) is 5.92 Å². The summed E-state index contributed by atoms with van der Waals surface area (Å²) >= 11 is 0. The first-order valence-corrected chi connectivity index (χ1v) is 16.3. The van der Waals surface area contributed by atoms with Crippen molar-refractivity contribution >= 4 is 22.5 Å². The standard InChI is InChI=1S/C36H40N6O3/c37-24-7-3-21(4-8-24)18-40-34(38)39-13-11-20-5-9-27-25(15-20)26-17-36(44)29-16-23-6-10-28(43)32-30(23)35(36,33(45-32)31(26)41-27)12-14-42(29)19-22-1-2-22/h3-10,15,22,29,33,41,43-44H,1-2,11-14,16-19,37H2,(H3,38,39,40)/t29-,33-,35-,36+/m0/s1. The second-order valence-corrected chi connectivity index (χ2v) is 13.9. The molecular weight excluding hydrogens is 564 g/mol. The molecule has 1 saturated heterocycles. The van der Waals surface area contributed by atoms with Crippen molar-refractivity contribution < 1.29 is 14.9 Å². The van der Waals surface area contributed by atoms with E-state index in [1.54, 1.807) is 6.07 Å². The van der Waals surface area contributed by atoms with Crippen molar-refractivity contribution in [3.8, 4) is 11.5 Å². The smallest absolute Gasteiger partial charge is 0.188 e. The number of hydrogen-bond acceptors (Lipinski definition) is 6. The maximum Gasteiger partial charge on any atom is 0.188 e. The fraction of sp³-hybridized carbons (Fsp3) is 0.417. The lowest BCUT2D eigenvalue weighted by Crippen LogP contribution is -2.74. The molecule has 2 aliphatic heterocycles. The predicted octanol–water partition coefficient (Wildman–Crippen LogP) is 3.80. The number of likely N-dealkylation sites (tertiary alicyclic amines) is 1. The number of aliphatic hydroxyl groups is 1. The number of ether oxygens (including phenoxy) is 1. The zero-order valence-corrected chi connectivity index (χ0v) is 25.4. The Kier molecular flexibility index (Phi) is 5.81. The van der Waals surface area contributed by atoms with E-state index in [1.165, 1.54) is 24.0 Å². The number of aromatic nitrogens is 1. The van der Waals surface area contributed by atoms with Gasteiger partial charge in [0.1, 0.15) is 0 Å². The van der Waals surface area contributed by atoms with Gasteiger partial charge < -0.3 is 36.7 Å². The number of aromatic hydroxyl groups is 1. The predicted molar refractivity (Wildman–Crippen MR) is 174 cm³/mol. The van der Waals surface area contributed by atoms with Crippen molar-refractivity contribution in [3.05, 3.63) is 88.1 Å². The normalized spacial score (nSPS) is 28.1. The molecule has 9 heteroatoms. The van der Waals surface area contributed by atoms with Gasteiger partial charge in [-0.2, -0.15) is 0 Å². The van der Waals surface area contributed by atoms with E-state index in [9.17, 15) is 10.2 Å². The summed E-state index contributed by atoms with van der Waals surface area (Å²) in [6.45, 7) is 3.15. The summed E-state index contributed by atoms with van der Waals surface area (Å²) in [5.41, 5.74) is 18.8. The van der Waals surface area contributed by atoms with Crippen molar-refractivity contribution in [2.24, 2.45) is 16.6 Å². The van der Waals surface area contributed by atoms with Gasteiger partial charge in [0.15, 0.2) is 23.6 Å². The Bertz CT molecular complexity index is 1860. The molecule has 5 aliphatic rings. The van der Waals surface area contributed by atoms with Crippen molar-refractivity contribution in [1.29, 1.82) is 0 Å². The first kappa shape index (κ1) is 27.1. The van der Waals surface area contributed by atoms with Crippen LogP contribution in [0.1, 0.15) is 58.9 Å². The summed E-state index contributed by atoms with van der Waals surface area (Å²) in [6, 6.07) is 18.0. The third-order valence-electron chi connectivity index (χ3n) is 11.4. The van der Waals surface area contributed by atoms with E-state index < -0.39 is 11.0 Å². The van der Waals surface area contributed by atoms with Crippen LogP contribution in [0.5, 0.6) is 11.5 Å². The summed E-state index contributed by atoms with van der Waals surface area (Å²) in [6.07, 6.45) is 5.15. The van der Waals surface area contributed by atoms with E-state index in [0.29, 0.717) is 31.2 Å². The number of anilines is 1. The Morgan fingerprint density at radius 1 is 1.11 bits per heavy atom. The first-order chi connectivity index (χ1) is 21.8. The number of piperidine rings is 1. The fourth-order valence-corrected chi connectivity index (χ4v) is 9.01. The minimum atomic E-state index is -0.994. The van der Waals surface area contributed by atoms with Crippen LogP contribution in [0.15, 0.2) is 59.6 Å². The van der Waals surface area contributed by atoms with Crippen LogP contribution >= 0.6 is 0 Å². The SMILES string of the molecule is NC(=NCc1ccc(N)cc1)NCCc1ccc2[nH]c3c(c2c1)C[C@@]1(O)[C@@H]2Cc4ccc(O)c5c4[C@@]1(CCN2CC1CC1)[C@H]3O5. The molecule has 9 nitrogen and oxygen atoms in total. The van der Waals surface area contributed by atoms with Gasteiger partial charge in [-0.25, -0.2) is 4.99 Å². The highest BCUT2D eigenvalue weighted by molar-refractivity contribution is 5.87. The van der Waals surface area contributed by atoms with Crippen molar-refractivity contribution in [3.63, 3.8) is 0 Å². The Morgan fingerprint density at radius 2 is 1.93 bits per heavy atom. The Hall–Kier alpha value is -4.21. The number of hydrogen-bond donors (Lipinski definition) is 6. The molecule has 8 N–H and O–H groups in total. The van der Waals surface area contributed by atoms with Gasteiger partial charge in [-0.15, -0.1) is 0 Å². The van der Waals surface area contributed by atoms with E-state index in [4.69, 9.17) is 16.2 Å². The highest BCUT2D eigenvalue weighted by atomic mass is 16.5. The van der Waals surface area contributed by atoms with Crippen LogP contribution < -0.4 is 21.5 Å². The van der Waals surface area contributed by atoms with Gasteiger partial charge in [0, 0.05) is 47.7 Å². The van der Waals surface area contributed by atoms with E-state index >= 15 is 0 Å². The lowest BCUT2D eigenvalue weighted by molar-refractivity contribution is -0.173. The number of nitrogens with zero attached hydrogens (tertiary/aromatic N) is 2. The van der Waals surface area contributed by atoms with Gasteiger partial charge in [-0.3, -0.25) is 4.90 Å². The molecule has 0 amide bonds. The number of benzene rings is 3. The molecule has 45 heavy (non-hydrogen) atoms. The lowest BCUT2D eigenvalue weighted by atomic mass is 9.49. The lowest BCUT2D eigenvalue weighted by Gasteiger charge is -2.62. The fourth-order valence-electron chi connectivity index (χ4n) is 9.01. The van der Waals surface area contributed by atoms with Gasteiger partial charge in [0.25, 0.3) is 0 Å². The molecule has 3 aliphatic carbocycles. The molecule has 1 spiro atoms. The summed E-state index contributed by atoms with van der Waals surface area (Å²) in [7, 11) is 0. The van der Waals surface area contributed by atoms with Crippen LogP contribution in [0.25, 0.3) is 10.9 Å².